The lowest BCUT2D eigenvalue weighted by Crippen LogP contribution is -2.40. The number of nitrogens with zero attached hydrogens (tertiary/aromatic N) is 2. The molecule has 1 aliphatic carbocycles. The summed E-state index contributed by atoms with van der Waals surface area (Å²) in [4.78, 5) is 19.0. The molecule has 0 radical (unpaired) electrons. The Hall–Kier alpha value is -1.31. The number of hydrogen-bond donors (Lipinski definition) is 2. The second kappa shape index (κ2) is 11.0. The first kappa shape index (κ1) is 23.0. The molecule has 2 fully saturated rings. The number of benzene rings is 1. The van der Waals surface area contributed by atoms with Crippen molar-refractivity contribution in [1.82, 2.24) is 15.5 Å². The molecule has 1 amide bonds. The van der Waals surface area contributed by atoms with E-state index in [-0.39, 0.29) is 29.9 Å². The lowest BCUT2D eigenvalue weighted by Gasteiger charge is -2.26. The van der Waals surface area contributed by atoms with E-state index in [1.54, 1.807) is 0 Å². The van der Waals surface area contributed by atoms with Crippen LogP contribution in [0, 0.1) is 5.41 Å². The third kappa shape index (κ3) is 5.84. The molecule has 1 aromatic rings. The fourth-order valence-corrected chi connectivity index (χ4v) is 4.42. The Morgan fingerprint density at radius 2 is 1.86 bits per heavy atom. The second-order valence-corrected chi connectivity index (χ2v) is 8.09. The smallest absolute Gasteiger partial charge is 0.251 e. The van der Waals surface area contributed by atoms with E-state index in [9.17, 15) is 4.79 Å². The van der Waals surface area contributed by atoms with Crippen molar-refractivity contribution in [2.75, 3.05) is 26.7 Å². The van der Waals surface area contributed by atoms with Crippen LogP contribution in [-0.2, 0) is 6.54 Å². The van der Waals surface area contributed by atoms with E-state index < -0.39 is 0 Å². The molecule has 2 N–H and O–H groups in total. The summed E-state index contributed by atoms with van der Waals surface area (Å²) in [5.41, 5.74) is 2.43. The monoisotopic (exact) mass is 498 g/mol. The molecule has 3 rings (SSSR count). The van der Waals surface area contributed by atoms with Crippen LogP contribution >= 0.6 is 24.0 Å². The van der Waals surface area contributed by atoms with Crippen molar-refractivity contribution in [2.24, 2.45) is 10.4 Å². The molecule has 1 spiro atoms. The Labute approximate surface area is 186 Å². The molecule has 156 valence electrons. The Balaban J connectivity index is 0.00000280. The van der Waals surface area contributed by atoms with Gasteiger partial charge in [0.15, 0.2) is 5.96 Å². The van der Waals surface area contributed by atoms with E-state index >= 15 is 0 Å². The highest BCUT2D eigenvalue weighted by molar-refractivity contribution is 14.0. The number of unbranched alkanes of at least 4 members (excludes halogenated alkanes) is 1. The first-order chi connectivity index (χ1) is 13.2. The average molecular weight is 498 g/mol. The summed E-state index contributed by atoms with van der Waals surface area (Å²) >= 11 is 0. The van der Waals surface area contributed by atoms with Gasteiger partial charge >= 0.3 is 0 Å². The average Bonchev–Trinajstić information content (AvgIpc) is 3.33. The highest BCUT2D eigenvalue weighted by Gasteiger charge is 2.41. The third-order valence-electron chi connectivity index (χ3n) is 6.10. The molecule has 0 atom stereocenters. The van der Waals surface area contributed by atoms with Crippen molar-refractivity contribution >= 4 is 35.8 Å². The Morgan fingerprint density at radius 1 is 1.14 bits per heavy atom. The van der Waals surface area contributed by atoms with Gasteiger partial charge in [-0.15, -0.1) is 24.0 Å². The molecule has 1 saturated carbocycles. The summed E-state index contributed by atoms with van der Waals surface area (Å²) in [5.74, 6) is 1.01. The van der Waals surface area contributed by atoms with Crippen LogP contribution in [0.2, 0.25) is 0 Å². The van der Waals surface area contributed by atoms with E-state index in [1.807, 2.05) is 31.3 Å². The van der Waals surface area contributed by atoms with Crippen molar-refractivity contribution in [3.05, 3.63) is 35.4 Å². The number of likely N-dealkylation sites (tertiary alicyclic amines) is 1. The minimum Gasteiger partial charge on any atom is -0.352 e. The predicted octanol–water partition coefficient (Wildman–Crippen LogP) is 4.18. The summed E-state index contributed by atoms with van der Waals surface area (Å²) in [6.07, 6.45) is 8.94. The molecule has 1 aromatic carbocycles. The van der Waals surface area contributed by atoms with Crippen LogP contribution in [0.25, 0.3) is 0 Å². The molecule has 5 nitrogen and oxygen atoms in total. The molecule has 1 heterocycles. The summed E-state index contributed by atoms with van der Waals surface area (Å²) < 4.78 is 0. The number of halogens is 1. The predicted molar refractivity (Wildman–Crippen MR) is 126 cm³/mol. The number of rotatable bonds is 6. The van der Waals surface area contributed by atoms with Gasteiger partial charge in [-0.1, -0.05) is 38.3 Å². The van der Waals surface area contributed by atoms with E-state index in [0.717, 1.165) is 56.1 Å². The lowest BCUT2D eigenvalue weighted by molar-refractivity contribution is 0.0953. The molecule has 6 heteroatoms. The van der Waals surface area contributed by atoms with Crippen LogP contribution in [-0.4, -0.2) is 43.4 Å². The molecule has 2 aliphatic rings. The molecule has 28 heavy (non-hydrogen) atoms. The maximum absolute atomic E-state index is 12.1. The van der Waals surface area contributed by atoms with Crippen LogP contribution in [0.4, 0.5) is 0 Å². The van der Waals surface area contributed by atoms with Gasteiger partial charge in [0.1, 0.15) is 0 Å². The summed E-state index contributed by atoms with van der Waals surface area (Å²) in [7, 11) is 1.87. The van der Waals surface area contributed by atoms with E-state index in [2.05, 4.69) is 27.4 Å². The van der Waals surface area contributed by atoms with Crippen molar-refractivity contribution in [3.8, 4) is 0 Å². The van der Waals surface area contributed by atoms with Gasteiger partial charge in [-0.3, -0.25) is 9.79 Å². The van der Waals surface area contributed by atoms with Crippen molar-refractivity contribution in [1.29, 1.82) is 0 Å². The fraction of sp³-hybridized carbons (Fsp3) is 0.636. The zero-order valence-electron chi connectivity index (χ0n) is 17.3. The molecule has 1 saturated heterocycles. The van der Waals surface area contributed by atoms with E-state index in [4.69, 9.17) is 0 Å². The van der Waals surface area contributed by atoms with Gasteiger partial charge in [0, 0.05) is 38.8 Å². The standard InChI is InChI=1S/C22H34N4O.HI/c1-3-4-14-24-20(27)19-9-7-18(8-10-19)16-25-21(23-2)26-15-13-22(17-26)11-5-6-12-22;/h7-10H,3-6,11-17H2,1-2H3,(H,23,25)(H,24,27);1H. The maximum Gasteiger partial charge on any atom is 0.251 e. The molecule has 0 unspecified atom stereocenters. The first-order valence-electron chi connectivity index (χ1n) is 10.5. The quantitative estimate of drug-likeness (QED) is 0.268. The number of aliphatic imine (C=N–C) groups is 1. The highest BCUT2D eigenvalue weighted by Crippen LogP contribution is 2.45. The number of guanidine groups is 1. The van der Waals surface area contributed by atoms with Crippen LogP contribution in [0.5, 0.6) is 0 Å². The number of carbonyl (C=O) groups excluding carboxylic acids is 1. The van der Waals surface area contributed by atoms with Gasteiger partial charge in [0.2, 0.25) is 0 Å². The van der Waals surface area contributed by atoms with Crippen LogP contribution in [0.15, 0.2) is 29.3 Å². The van der Waals surface area contributed by atoms with Gasteiger partial charge < -0.3 is 15.5 Å². The normalized spacial score (nSPS) is 18.2. The van der Waals surface area contributed by atoms with Crippen LogP contribution in [0.1, 0.15) is 67.8 Å². The Bertz CT molecular complexity index is 653. The van der Waals surface area contributed by atoms with Crippen molar-refractivity contribution in [2.45, 2.75) is 58.4 Å². The Kier molecular flexibility index (Phi) is 9.05. The Morgan fingerprint density at radius 3 is 2.50 bits per heavy atom. The minimum atomic E-state index is 0. The minimum absolute atomic E-state index is 0. The van der Waals surface area contributed by atoms with Crippen molar-refractivity contribution in [3.63, 3.8) is 0 Å². The van der Waals surface area contributed by atoms with Gasteiger partial charge in [-0.05, 0) is 48.8 Å². The number of amides is 1. The van der Waals surface area contributed by atoms with Crippen LogP contribution < -0.4 is 10.6 Å². The number of nitrogens with one attached hydrogen (secondary N) is 2. The zero-order valence-corrected chi connectivity index (χ0v) is 19.6. The molecular weight excluding hydrogens is 463 g/mol. The van der Waals surface area contributed by atoms with Gasteiger partial charge in [-0.25, -0.2) is 0 Å². The first-order valence-corrected chi connectivity index (χ1v) is 10.5. The third-order valence-corrected chi connectivity index (χ3v) is 6.10. The topological polar surface area (TPSA) is 56.7 Å². The van der Waals surface area contributed by atoms with Crippen LogP contribution in [0.3, 0.4) is 0 Å². The highest BCUT2D eigenvalue weighted by atomic mass is 127. The lowest BCUT2D eigenvalue weighted by atomic mass is 9.86. The zero-order chi connectivity index (χ0) is 19.1. The number of carbonyl (C=O) groups is 1. The van der Waals surface area contributed by atoms with E-state index in [1.165, 1.54) is 32.1 Å². The summed E-state index contributed by atoms with van der Waals surface area (Å²) in [6, 6.07) is 7.86. The summed E-state index contributed by atoms with van der Waals surface area (Å²) in [6.45, 7) is 5.85. The summed E-state index contributed by atoms with van der Waals surface area (Å²) in [5, 5.41) is 6.46. The second-order valence-electron chi connectivity index (χ2n) is 8.09. The van der Waals surface area contributed by atoms with E-state index in [0.29, 0.717) is 5.41 Å². The maximum atomic E-state index is 12.1. The molecular formula is C22H35IN4O. The largest absolute Gasteiger partial charge is 0.352 e. The number of hydrogen-bond acceptors (Lipinski definition) is 2. The van der Waals surface area contributed by atoms with Gasteiger partial charge in [-0.2, -0.15) is 0 Å². The van der Waals surface area contributed by atoms with Gasteiger partial charge in [0.25, 0.3) is 5.91 Å². The molecule has 0 bridgehead atoms. The van der Waals surface area contributed by atoms with Crippen molar-refractivity contribution < 1.29 is 4.79 Å². The SMILES string of the molecule is CCCCNC(=O)c1ccc(CNC(=NC)N2CCC3(CCCC3)C2)cc1.I. The molecule has 1 aliphatic heterocycles. The molecule has 0 aromatic heterocycles. The fourth-order valence-electron chi connectivity index (χ4n) is 4.42. The van der Waals surface area contributed by atoms with Gasteiger partial charge in [0.05, 0.1) is 0 Å².